The molecule has 2 aromatic rings. The van der Waals surface area contributed by atoms with Crippen molar-refractivity contribution in [1.29, 1.82) is 0 Å². The Bertz CT molecular complexity index is 680. The number of carbonyl (C=O) groups excluding carboxylic acids is 1. The minimum atomic E-state index is -0.0226. The molecule has 0 atom stereocenters. The van der Waals surface area contributed by atoms with Crippen molar-refractivity contribution in [3.05, 3.63) is 57.8 Å². The fourth-order valence-electron chi connectivity index (χ4n) is 2.91. The number of carbonyl (C=O) groups is 1. The predicted molar refractivity (Wildman–Crippen MR) is 90.9 cm³/mol. The van der Waals surface area contributed by atoms with Crippen LogP contribution in [0, 0.1) is 0 Å². The summed E-state index contributed by atoms with van der Waals surface area (Å²) in [6.07, 6.45) is 2.98. The van der Waals surface area contributed by atoms with Gasteiger partial charge in [0.1, 0.15) is 5.69 Å². The monoisotopic (exact) mass is 361 g/mol. The van der Waals surface area contributed by atoms with Gasteiger partial charge in [-0.2, -0.15) is 0 Å². The standard InChI is InChI=1S/C17H20BrN3O/c1-20-12-15(18)10-16(20)17(22)19-7-9-21-8-6-13-4-2-3-5-14(13)11-21/h2-5,10,12H,6-9,11H2,1H3,(H,19,22). The molecule has 1 aliphatic rings. The summed E-state index contributed by atoms with van der Waals surface area (Å²) in [4.78, 5) is 14.5. The fraction of sp³-hybridized carbons (Fsp3) is 0.353. The smallest absolute Gasteiger partial charge is 0.267 e. The number of aromatic nitrogens is 1. The number of fused-ring (bicyclic) bond motifs is 1. The summed E-state index contributed by atoms with van der Waals surface area (Å²) >= 11 is 3.39. The van der Waals surface area contributed by atoms with Crippen LogP contribution in [0.5, 0.6) is 0 Å². The predicted octanol–water partition coefficient (Wildman–Crippen LogP) is 2.58. The Morgan fingerprint density at radius 1 is 1.32 bits per heavy atom. The van der Waals surface area contributed by atoms with Gasteiger partial charge in [0.05, 0.1) is 0 Å². The summed E-state index contributed by atoms with van der Waals surface area (Å²) in [5.74, 6) is -0.0226. The molecule has 0 saturated carbocycles. The molecule has 116 valence electrons. The molecule has 1 N–H and O–H groups in total. The molecular formula is C17H20BrN3O. The number of nitrogens with zero attached hydrogens (tertiary/aromatic N) is 2. The van der Waals surface area contributed by atoms with Crippen LogP contribution in [0.2, 0.25) is 0 Å². The Morgan fingerprint density at radius 3 is 2.82 bits per heavy atom. The summed E-state index contributed by atoms with van der Waals surface area (Å²) in [5.41, 5.74) is 3.54. The number of halogens is 1. The molecule has 0 saturated heterocycles. The maximum atomic E-state index is 12.1. The number of benzene rings is 1. The van der Waals surface area contributed by atoms with E-state index in [4.69, 9.17) is 0 Å². The minimum absolute atomic E-state index is 0.0226. The third-order valence-electron chi connectivity index (χ3n) is 4.13. The quantitative estimate of drug-likeness (QED) is 0.908. The Morgan fingerprint density at radius 2 is 2.09 bits per heavy atom. The van der Waals surface area contributed by atoms with E-state index < -0.39 is 0 Å². The van der Waals surface area contributed by atoms with Gasteiger partial charge in [-0.3, -0.25) is 9.69 Å². The van der Waals surface area contributed by atoms with Crippen LogP contribution in [0.3, 0.4) is 0 Å². The maximum Gasteiger partial charge on any atom is 0.267 e. The van der Waals surface area contributed by atoms with Crippen molar-refractivity contribution in [3.63, 3.8) is 0 Å². The second kappa shape index (κ2) is 6.67. The van der Waals surface area contributed by atoms with Crippen molar-refractivity contribution in [2.45, 2.75) is 13.0 Å². The van der Waals surface area contributed by atoms with Gasteiger partial charge in [0.2, 0.25) is 0 Å². The molecule has 1 aliphatic heterocycles. The lowest BCUT2D eigenvalue weighted by atomic mass is 10.00. The van der Waals surface area contributed by atoms with Crippen molar-refractivity contribution >= 4 is 21.8 Å². The molecule has 3 rings (SSSR count). The third kappa shape index (κ3) is 3.42. The zero-order valence-electron chi connectivity index (χ0n) is 12.7. The first kappa shape index (κ1) is 15.3. The number of rotatable bonds is 4. The highest BCUT2D eigenvalue weighted by Gasteiger charge is 2.16. The first-order valence-electron chi connectivity index (χ1n) is 7.52. The van der Waals surface area contributed by atoms with Crippen molar-refractivity contribution in [1.82, 2.24) is 14.8 Å². The van der Waals surface area contributed by atoms with Crippen molar-refractivity contribution in [2.24, 2.45) is 7.05 Å². The van der Waals surface area contributed by atoms with Gasteiger partial charge in [-0.25, -0.2) is 0 Å². The molecule has 0 unspecified atom stereocenters. The van der Waals surface area contributed by atoms with Gasteiger partial charge in [0.25, 0.3) is 5.91 Å². The highest BCUT2D eigenvalue weighted by atomic mass is 79.9. The molecule has 0 bridgehead atoms. The van der Waals surface area contributed by atoms with E-state index in [1.54, 1.807) is 0 Å². The lowest BCUT2D eigenvalue weighted by molar-refractivity contribution is 0.0939. The Balaban J connectivity index is 1.50. The molecule has 5 heteroatoms. The summed E-state index contributed by atoms with van der Waals surface area (Å²) in [6, 6.07) is 10.4. The summed E-state index contributed by atoms with van der Waals surface area (Å²) in [5, 5.41) is 3.00. The lowest BCUT2D eigenvalue weighted by Gasteiger charge is -2.28. The summed E-state index contributed by atoms with van der Waals surface area (Å²) in [6.45, 7) is 3.58. The van der Waals surface area contributed by atoms with Crippen LogP contribution in [0.25, 0.3) is 0 Å². The van der Waals surface area contributed by atoms with E-state index in [9.17, 15) is 4.79 Å². The fourth-order valence-corrected chi connectivity index (χ4v) is 3.44. The summed E-state index contributed by atoms with van der Waals surface area (Å²) < 4.78 is 2.75. The van der Waals surface area contributed by atoms with E-state index in [0.29, 0.717) is 12.2 Å². The molecule has 0 fully saturated rings. The van der Waals surface area contributed by atoms with Gasteiger partial charge in [-0.15, -0.1) is 0 Å². The average Bonchev–Trinajstić information content (AvgIpc) is 2.86. The van der Waals surface area contributed by atoms with E-state index in [2.05, 4.69) is 50.4 Å². The van der Waals surface area contributed by atoms with E-state index in [0.717, 1.165) is 30.5 Å². The SMILES string of the molecule is Cn1cc(Br)cc1C(=O)NCCN1CCc2ccccc2C1. The van der Waals surface area contributed by atoms with Gasteiger partial charge >= 0.3 is 0 Å². The third-order valence-corrected chi connectivity index (χ3v) is 4.56. The van der Waals surface area contributed by atoms with Crippen molar-refractivity contribution in [2.75, 3.05) is 19.6 Å². The van der Waals surface area contributed by atoms with Gasteiger partial charge in [0, 0.05) is 43.9 Å². The van der Waals surface area contributed by atoms with Gasteiger partial charge in [-0.05, 0) is 39.5 Å². The molecule has 2 heterocycles. The van der Waals surface area contributed by atoms with Crippen LogP contribution in [0.4, 0.5) is 0 Å². The number of nitrogens with one attached hydrogen (secondary N) is 1. The molecule has 0 spiro atoms. The van der Waals surface area contributed by atoms with Crippen LogP contribution in [0.15, 0.2) is 41.0 Å². The minimum Gasteiger partial charge on any atom is -0.349 e. The molecule has 22 heavy (non-hydrogen) atoms. The number of hydrogen-bond acceptors (Lipinski definition) is 2. The molecule has 4 nitrogen and oxygen atoms in total. The Labute approximate surface area is 139 Å². The molecule has 1 aromatic heterocycles. The average molecular weight is 362 g/mol. The Hall–Kier alpha value is -1.59. The zero-order valence-corrected chi connectivity index (χ0v) is 14.3. The van der Waals surface area contributed by atoms with Gasteiger partial charge in [0.15, 0.2) is 0 Å². The number of amides is 1. The zero-order chi connectivity index (χ0) is 15.5. The van der Waals surface area contributed by atoms with Crippen LogP contribution >= 0.6 is 15.9 Å². The lowest BCUT2D eigenvalue weighted by Crippen LogP contribution is -2.38. The van der Waals surface area contributed by atoms with Crippen molar-refractivity contribution in [3.8, 4) is 0 Å². The van der Waals surface area contributed by atoms with Crippen molar-refractivity contribution < 1.29 is 4.79 Å². The number of hydrogen-bond donors (Lipinski definition) is 1. The highest BCUT2D eigenvalue weighted by molar-refractivity contribution is 9.10. The van der Waals surface area contributed by atoms with Crippen LogP contribution in [-0.2, 0) is 20.0 Å². The molecule has 1 amide bonds. The second-order valence-corrected chi connectivity index (χ2v) is 6.62. The van der Waals surface area contributed by atoms with E-state index >= 15 is 0 Å². The summed E-state index contributed by atoms with van der Waals surface area (Å²) in [7, 11) is 1.88. The first-order chi connectivity index (χ1) is 10.6. The normalized spacial score (nSPS) is 14.6. The van der Waals surface area contributed by atoms with Crippen LogP contribution < -0.4 is 5.32 Å². The first-order valence-corrected chi connectivity index (χ1v) is 8.32. The molecular weight excluding hydrogens is 342 g/mol. The van der Waals surface area contributed by atoms with Gasteiger partial charge < -0.3 is 9.88 Å². The topological polar surface area (TPSA) is 37.3 Å². The van der Waals surface area contributed by atoms with Crippen LogP contribution in [-0.4, -0.2) is 35.0 Å². The molecule has 0 aliphatic carbocycles. The second-order valence-electron chi connectivity index (χ2n) is 5.71. The highest BCUT2D eigenvalue weighted by Crippen LogP contribution is 2.18. The van der Waals surface area contributed by atoms with E-state index in [1.807, 2.05) is 23.9 Å². The van der Waals surface area contributed by atoms with E-state index in [-0.39, 0.29) is 5.91 Å². The van der Waals surface area contributed by atoms with Crippen LogP contribution in [0.1, 0.15) is 21.6 Å². The Kier molecular flexibility index (Phi) is 4.64. The number of aryl methyl sites for hydroxylation is 1. The van der Waals surface area contributed by atoms with Gasteiger partial charge in [-0.1, -0.05) is 24.3 Å². The van der Waals surface area contributed by atoms with E-state index in [1.165, 1.54) is 11.1 Å². The molecule has 1 aromatic carbocycles. The largest absolute Gasteiger partial charge is 0.349 e. The molecule has 0 radical (unpaired) electrons. The maximum absolute atomic E-state index is 12.1.